The van der Waals surface area contributed by atoms with Crippen LogP contribution in [0.25, 0.3) is 11.4 Å². The van der Waals surface area contributed by atoms with Gasteiger partial charge in [0.2, 0.25) is 10.0 Å². The SMILES string of the molecule is O=S(=O)(c1ccccc1)N1CCC(n2cnnc2-c2ccccc2)CC1. The minimum atomic E-state index is -3.42. The van der Waals surface area contributed by atoms with Gasteiger partial charge in [-0.1, -0.05) is 48.5 Å². The van der Waals surface area contributed by atoms with Crippen molar-refractivity contribution in [3.63, 3.8) is 0 Å². The summed E-state index contributed by atoms with van der Waals surface area (Å²) < 4.78 is 29.2. The third-order valence-corrected chi connectivity index (χ3v) is 6.72. The molecular weight excluding hydrogens is 348 g/mol. The van der Waals surface area contributed by atoms with Crippen LogP contribution in [-0.2, 0) is 10.0 Å². The van der Waals surface area contributed by atoms with Gasteiger partial charge in [-0.15, -0.1) is 10.2 Å². The molecule has 0 saturated carbocycles. The van der Waals surface area contributed by atoms with Gasteiger partial charge in [0.05, 0.1) is 4.90 Å². The molecule has 1 aromatic heterocycles. The Morgan fingerprint density at radius 2 is 1.50 bits per heavy atom. The highest BCUT2D eigenvalue weighted by Crippen LogP contribution is 2.29. The summed E-state index contributed by atoms with van der Waals surface area (Å²) in [7, 11) is -3.42. The van der Waals surface area contributed by atoms with Gasteiger partial charge in [-0.2, -0.15) is 4.31 Å². The van der Waals surface area contributed by atoms with Crippen LogP contribution in [0.3, 0.4) is 0 Å². The first-order valence-electron chi connectivity index (χ1n) is 8.66. The second-order valence-corrected chi connectivity index (χ2v) is 8.31. The molecule has 0 radical (unpaired) electrons. The second kappa shape index (κ2) is 7.01. The molecule has 7 heteroatoms. The first-order chi connectivity index (χ1) is 12.7. The maximum Gasteiger partial charge on any atom is 0.243 e. The summed E-state index contributed by atoms with van der Waals surface area (Å²) in [5.74, 6) is 0.829. The van der Waals surface area contributed by atoms with Crippen molar-refractivity contribution in [3.8, 4) is 11.4 Å². The zero-order chi connectivity index (χ0) is 18.0. The molecule has 134 valence electrons. The number of aromatic nitrogens is 3. The van der Waals surface area contributed by atoms with Crippen molar-refractivity contribution in [3.05, 3.63) is 67.0 Å². The predicted octanol–water partition coefficient (Wildman–Crippen LogP) is 2.97. The number of hydrogen-bond acceptors (Lipinski definition) is 4. The van der Waals surface area contributed by atoms with Crippen molar-refractivity contribution in [2.24, 2.45) is 0 Å². The molecule has 6 nitrogen and oxygen atoms in total. The Morgan fingerprint density at radius 1 is 0.885 bits per heavy atom. The summed E-state index contributed by atoms with van der Waals surface area (Å²) >= 11 is 0. The summed E-state index contributed by atoms with van der Waals surface area (Å²) in [6, 6.07) is 18.8. The quantitative estimate of drug-likeness (QED) is 0.710. The van der Waals surface area contributed by atoms with E-state index in [0.717, 1.165) is 24.2 Å². The van der Waals surface area contributed by atoms with Crippen LogP contribution < -0.4 is 0 Å². The maximum absolute atomic E-state index is 12.8. The molecule has 1 saturated heterocycles. The lowest BCUT2D eigenvalue weighted by molar-refractivity contribution is 0.275. The Hall–Kier alpha value is -2.51. The third-order valence-electron chi connectivity index (χ3n) is 4.80. The number of piperidine rings is 1. The van der Waals surface area contributed by atoms with Gasteiger partial charge in [-0.25, -0.2) is 8.42 Å². The molecule has 4 rings (SSSR count). The lowest BCUT2D eigenvalue weighted by Crippen LogP contribution is -2.39. The van der Waals surface area contributed by atoms with E-state index in [2.05, 4.69) is 14.8 Å². The molecule has 0 spiro atoms. The fourth-order valence-corrected chi connectivity index (χ4v) is 4.90. The zero-order valence-electron chi connectivity index (χ0n) is 14.3. The van der Waals surface area contributed by atoms with E-state index in [0.29, 0.717) is 18.0 Å². The Balaban J connectivity index is 1.51. The van der Waals surface area contributed by atoms with Crippen LogP contribution in [0.4, 0.5) is 0 Å². The van der Waals surface area contributed by atoms with Gasteiger partial charge >= 0.3 is 0 Å². The Morgan fingerprint density at radius 3 is 2.15 bits per heavy atom. The van der Waals surface area contributed by atoms with Crippen LogP contribution in [0.2, 0.25) is 0 Å². The molecule has 0 amide bonds. The van der Waals surface area contributed by atoms with Crippen molar-refractivity contribution in [2.45, 2.75) is 23.8 Å². The molecular formula is C19H20N4O2S. The van der Waals surface area contributed by atoms with Gasteiger partial charge in [0, 0.05) is 24.7 Å². The number of hydrogen-bond donors (Lipinski definition) is 0. The Labute approximate surface area is 153 Å². The second-order valence-electron chi connectivity index (χ2n) is 6.38. The summed E-state index contributed by atoms with van der Waals surface area (Å²) in [5.41, 5.74) is 1.02. The van der Waals surface area contributed by atoms with Crippen molar-refractivity contribution in [1.29, 1.82) is 0 Å². The first kappa shape index (κ1) is 16.9. The molecule has 3 aromatic rings. The fourth-order valence-electron chi connectivity index (χ4n) is 3.41. The smallest absolute Gasteiger partial charge is 0.243 e. The lowest BCUT2D eigenvalue weighted by Gasteiger charge is -2.32. The normalized spacial score (nSPS) is 16.6. The van der Waals surface area contributed by atoms with Crippen LogP contribution in [0.1, 0.15) is 18.9 Å². The summed E-state index contributed by atoms with van der Waals surface area (Å²) in [5, 5.41) is 8.33. The number of rotatable bonds is 4. The van der Waals surface area contributed by atoms with E-state index < -0.39 is 10.0 Å². The van der Waals surface area contributed by atoms with Gasteiger partial charge in [-0.3, -0.25) is 0 Å². The molecule has 26 heavy (non-hydrogen) atoms. The average Bonchev–Trinajstić information content (AvgIpc) is 3.19. The maximum atomic E-state index is 12.8. The lowest BCUT2D eigenvalue weighted by atomic mass is 10.1. The Bertz CT molecular complexity index is 963. The Kier molecular flexibility index (Phi) is 4.57. The fraction of sp³-hybridized carbons (Fsp3) is 0.263. The number of sulfonamides is 1. The summed E-state index contributed by atoms with van der Waals surface area (Å²) in [6.45, 7) is 0.989. The van der Waals surface area contributed by atoms with Gasteiger partial charge in [0.15, 0.2) is 5.82 Å². The van der Waals surface area contributed by atoms with Crippen LogP contribution in [-0.4, -0.2) is 40.6 Å². The largest absolute Gasteiger partial charge is 0.310 e. The number of nitrogens with zero attached hydrogens (tertiary/aromatic N) is 4. The molecule has 1 aliphatic heterocycles. The molecule has 1 fully saturated rings. The van der Waals surface area contributed by atoms with Crippen molar-refractivity contribution < 1.29 is 8.42 Å². The molecule has 0 bridgehead atoms. The van der Waals surface area contributed by atoms with Crippen molar-refractivity contribution >= 4 is 10.0 Å². The zero-order valence-corrected chi connectivity index (χ0v) is 15.1. The predicted molar refractivity (Wildman–Crippen MR) is 98.9 cm³/mol. The van der Waals surface area contributed by atoms with Crippen LogP contribution in [0.5, 0.6) is 0 Å². The highest BCUT2D eigenvalue weighted by Gasteiger charge is 2.30. The van der Waals surface area contributed by atoms with E-state index in [9.17, 15) is 8.42 Å². The number of benzene rings is 2. The van der Waals surface area contributed by atoms with Gasteiger partial charge < -0.3 is 4.57 Å². The molecule has 1 aliphatic rings. The standard InChI is InChI=1S/C19H20N4O2S/c24-26(25,18-9-5-2-6-10-18)22-13-11-17(12-14-22)23-15-20-21-19(23)16-7-3-1-4-8-16/h1-10,15,17H,11-14H2. The minimum absolute atomic E-state index is 0.197. The first-order valence-corrected chi connectivity index (χ1v) is 10.1. The van der Waals surface area contributed by atoms with E-state index in [1.807, 2.05) is 36.4 Å². The van der Waals surface area contributed by atoms with Crippen LogP contribution in [0.15, 0.2) is 71.9 Å². The summed E-state index contributed by atoms with van der Waals surface area (Å²) in [6.07, 6.45) is 3.22. The summed E-state index contributed by atoms with van der Waals surface area (Å²) in [4.78, 5) is 0.354. The van der Waals surface area contributed by atoms with Crippen molar-refractivity contribution in [1.82, 2.24) is 19.1 Å². The molecule has 0 atom stereocenters. The van der Waals surface area contributed by atoms with E-state index >= 15 is 0 Å². The van der Waals surface area contributed by atoms with Gasteiger partial charge in [0.1, 0.15) is 6.33 Å². The van der Waals surface area contributed by atoms with Crippen molar-refractivity contribution in [2.75, 3.05) is 13.1 Å². The highest BCUT2D eigenvalue weighted by atomic mass is 32.2. The molecule has 2 aromatic carbocycles. The van der Waals surface area contributed by atoms with Crippen LogP contribution in [0, 0.1) is 0 Å². The molecule has 0 N–H and O–H groups in total. The van der Waals surface area contributed by atoms with E-state index in [1.54, 1.807) is 34.9 Å². The van der Waals surface area contributed by atoms with Crippen LogP contribution >= 0.6 is 0 Å². The minimum Gasteiger partial charge on any atom is -0.310 e. The molecule has 0 aliphatic carbocycles. The molecule has 2 heterocycles. The van der Waals surface area contributed by atoms with Gasteiger partial charge in [-0.05, 0) is 25.0 Å². The van der Waals surface area contributed by atoms with Gasteiger partial charge in [0.25, 0.3) is 0 Å². The average molecular weight is 368 g/mol. The highest BCUT2D eigenvalue weighted by molar-refractivity contribution is 7.89. The third kappa shape index (κ3) is 3.15. The van der Waals surface area contributed by atoms with E-state index in [1.165, 1.54) is 0 Å². The topological polar surface area (TPSA) is 68.1 Å². The van der Waals surface area contributed by atoms with E-state index in [4.69, 9.17) is 0 Å². The van der Waals surface area contributed by atoms with E-state index in [-0.39, 0.29) is 6.04 Å². The monoisotopic (exact) mass is 368 g/mol. The molecule has 0 unspecified atom stereocenters.